The van der Waals surface area contributed by atoms with Crippen LogP contribution in [0.1, 0.15) is 53.4 Å². The molecule has 0 saturated heterocycles. The molecule has 0 spiro atoms. The van der Waals surface area contributed by atoms with Gasteiger partial charge in [-0.1, -0.05) is 40.5 Å². The third-order valence-electron chi connectivity index (χ3n) is 3.37. The van der Waals surface area contributed by atoms with Crippen LogP contribution < -0.4 is 0 Å². The highest BCUT2D eigenvalue weighted by Gasteiger charge is 2.38. The van der Waals surface area contributed by atoms with Crippen molar-refractivity contribution in [2.24, 2.45) is 17.3 Å². The van der Waals surface area contributed by atoms with Crippen LogP contribution in [-0.2, 0) is 0 Å². The van der Waals surface area contributed by atoms with Gasteiger partial charge in [-0.05, 0) is 30.1 Å². The monoisotopic (exact) mass is 154 g/mol. The molecule has 1 rings (SSSR count). The van der Waals surface area contributed by atoms with Crippen molar-refractivity contribution in [2.45, 2.75) is 53.4 Å². The Balaban J connectivity index is 2.22. The first kappa shape index (κ1) is 9.09. The minimum absolute atomic E-state index is 0.606. The Morgan fingerprint density at radius 1 is 1.18 bits per heavy atom. The fourth-order valence-corrected chi connectivity index (χ4v) is 1.91. The van der Waals surface area contributed by atoms with Crippen molar-refractivity contribution in [1.82, 2.24) is 0 Å². The minimum Gasteiger partial charge on any atom is -0.0651 e. The van der Waals surface area contributed by atoms with Crippen molar-refractivity contribution in [1.29, 1.82) is 0 Å². The fourth-order valence-electron chi connectivity index (χ4n) is 1.91. The quantitative estimate of drug-likeness (QED) is 0.577. The molecule has 1 fully saturated rings. The molecule has 0 heteroatoms. The van der Waals surface area contributed by atoms with Gasteiger partial charge in [0.05, 0.1) is 0 Å². The van der Waals surface area contributed by atoms with Crippen LogP contribution in [0, 0.1) is 17.3 Å². The van der Waals surface area contributed by atoms with Gasteiger partial charge in [0.25, 0.3) is 0 Å². The van der Waals surface area contributed by atoms with Gasteiger partial charge < -0.3 is 0 Å². The van der Waals surface area contributed by atoms with Gasteiger partial charge in [-0.3, -0.25) is 0 Å². The number of rotatable bonds is 4. The molecule has 0 bridgehead atoms. The summed E-state index contributed by atoms with van der Waals surface area (Å²) in [5.41, 5.74) is 0.606. The van der Waals surface area contributed by atoms with Crippen LogP contribution in [0.25, 0.3) is 0 Å². The van der Waals surface area contributed by atoms with Gasteiger partial charge in [-0.2, -0.15) is 0 Å². The van der Waals surface area contributed by atoms with E-state index in [4.69, 9.17) is 0 Å². The predicted molar refractivity (Wildman–Crippen MR) is 50.6 cm³/mol. The van der Waals surface area contributed by atoms with E-state index < -0.39 is 0 Å². The molecule has 0 aromatic heterocycles. The van der Waals surface area contributed by atoms with E-state index in [9.17, 15) is 0 Å². The van der Waals surface area contributed by atoms with Crippen molar-refractivity contribution < 1.29 is 0 Å². The summed E-state index contributed by atoms with van der Waals surface area (Å²) in [5, 5.41) is 0. The molecule has 0 nitrogen and oxygen atoms in total. The van der Waals surface area contributed by atoms with E-state index in [1.807, 2.05) is 0 Å². The fraction of sp³-hybridized carbons (Fsp3) is 1.00. The van der Waals surface area contributed by atoms with Gasteiger partial charge in [0.1, 0.15) is 0 Å². The second-order valence-electron chi connectivity index (χ2n) is 4.89. The Morgan fingerprint density at radius 2 is 1.82 bits per heavy atom. The van der Waals surface area contributed by atoms with E-state index in [1.165, 1.54) is 25.7 Å². The first-order valence-electron chi connectivity index (χ1n) is 5.09. The first-order valence-corrected chi connectivity index (χ1v) is 5.09. The highest BCUT2D eigenvalue weighted by atomic mass is 14.4. The standard InChI is InChI=1S/C11H22/c1-5-9-7-10(9)8-11(3,4)6-2/h9-10H,5-8H2,1-4H3. The summed E-state index contributed by atoms with van der Waals surface area (Å²) >= 11 is 0. The highest BCUT2D eigenvalue weighted by Crippen LogP contribution is 2.48. The maximum atomic E-state index is 2.40. The van der Waals surface area contributed by atoms with Crippen LogP contribution in [0.4, 0.5) is 0 Å². The lowest BCUT2D eigenvalue weighted by Crippen LogP contribution is -2.10. The molecule has 0 heterocycles. The van der Waals surface area contributed by atoms with E-state index in [1.54, 1.807) is 0 Å². The molecule has 0 aliphatic heterocycles. The van der Waals surface area contributed by atoms with Crippen LogP contribution in [-0.4, -0.2) is 0 Å². The summed E-state index contributed by atoms with van der Waals surface area (Å²) in [6.07, 6.45) is 5.71. The summed E-state index contributed by atoms with van der Waals surface area (Å²) in [6.45, 7) is 9.43. The molecule has 11 heavy (non-hydrogen) atoms. The molecule has 66 valence electrons. The average molecular weight is 154 g/mol. The van der Waals surface area contributed by atoms with Crippen molar-refractivity contribution >= 4 is 0 Å². The normalized spacial score (nSPS) is 30.5. The molecule has 2 atom stereocenters. The van der Waals surface area contributed by atoms with Gasteiger partial charge in [0, 0.05) is 0 Å². The first-order chi connectivity index (χ1) is 5.09. The lowest BCUT2D eigenvalue weighted by molar-refractivity contribution is 0.295. The Morgan fingerprint density at radius 3 is 2.18 bits per heavy atom. The summed E-state index contributed by atoms with van der Waals surface area (Å²) in [4.78, 5) is 0. The van der Waals surface area contributed by atoms with Crippen LogP contribution >= 0.6 is 0 Å². The second-order valence-corrected chi connectivity index (χ2v) is 4.89. The third-order valence-corrected chi connectivity index (χ3v) is 3.37. The molecule has 0 radical (unpaired) electrons. The molecule has 1 saturated carbocycles. The van der Waals surface area contributed by atoms with E-state index in [-0.39, 0.29) is 0 Å². The Bertz CT molecular complexity index is 124. The van der Waals surface area contributed by atoms with Crippen molar-refractivity contribution in [3.63, 3.8) is 0 Å². The van der Waals surface area contributed by atoms with Crippen LogP contribution in [0.5, 0.6) is 0 Å². The zero-order valence-electron chi connectivity index (χ0n) is 8.48. The maximum Gasteiger partial charge on any atom is -0.0354 e. The van der Waals surface area contributed by atoms with Gasteiger partial charge in [-0.15, -0.1) is 0 Å². The van der Waals surface area contributed by atoms with Crippen LogP contribution in [0.15, 0.2) is 0 Å². The van der Waals surface area contributed by atoms with Crippen LogP contribution in [0.3, 0.4) is 0 Å². The van der Waals surface area contributed by atoms with E-state index in [0.29, 0.717) is 5.41 Å². The Labute approximate surface area is 71.4 Å². The molecule has 0 N–H and O–H groups in total. The average Bonchev–Trinajstić information content (AvgIpc) is 2.67. The van der Waals surface area contributed by atoms with Gasteiger partial charge in [0.2, 0.25) is 0 Å². The highest BCUT2D eigenvalue weighted by molar-refractivity contribution is 4.88. The topological polar surface area (TPSA) is 0 Å². The Hall–Kier alpha value is 0. The molecule has 0 aromatic carbocycles. The molecule has 0 amide bonds. The SMILES string of the molecule is CCC1CC1CC(C)(C)CC. The van der Waals surface area contributed by atoms with Gasteiger partial charge in [0.15, 0.2) is 0 Å². The third kappa shape index (κ3) is 2.50. The molecular formula is C11H22. The predicted octanol–water partition coefficient (Wildman–Crippen LogP) is 3.86. The van der Waals surface area contributed by atoms with E-state index >= 15 is 0 Å². The lowest BCUT2D eigenvalue weighted by atomic mass is 9.84. The van der Waals surface area contributed by atoms with Gasteiger partial charge >= 0.3 is 0 Å². The maximum absolute atomic E-state index is 2.40. The van der Waals surface area contributed by atoms with Crippen molar-refractivity contribution in [3.8, 4) is 0 Å². The Kier molecular flexibility index (Phi) is 2.61. The van der Waals surface area contributed by atoms with Crippen molar-refractivity contribution in [2.75, 3.05) is 0 Å². The van der Waals surface area contributed by atoms with E-state index in [2.05, 4.69) is 27.7 Å². The number of hydrogen-bond acceptors (Lipinski definition) is 0. The lowest BCUT2D eigenvalue weighted by Gasteiger charge is -2.22. The smallest absolute Gasteiger partial charge is 0.0354 e. The molecule has 1 aliphatic carbocycles. The molecule has 0 aromatic rings. The summed E-state index contributed by atoms with van der Waals surface area (Å²) < 4.78 is 0. The molecule has 2 unspecified atom stereocenters. The zero-order valence-corrected chi connectivity index (χ0v) is 8.48. The van der Waals surface area contributed by atoms with E-state index in [0.717, 1.165) is 11.8 Å². The number of hydrogen-bond donors (Lipinski definition) is 0. The largest absolute Gasteiger partial charge is 0.0651 e. The second kappa shape index (κ2) is 3.16. The van der Waals surface area contributed by atoms with Gasteiger partial charge in [-0.25, -0.2) is 0 Å². The van der Waals surface area contributed by atoms with Crippen LogP contribution in [0.2, 0.25) is 0 Å². The molecular weight excluding hydrogens is 132 g/mol. The van der Waals surface area contributed by atoms with Crippen molar-refractivity contribution in [3.05, 3.63) is 0 Å². The zero-order chi connectivity index (χ0) is 8.48. The summed E-state index contributed by atoms with van der Waals surface area (Å²) in [6, 6.07) is 0. The minimum atomic E-state index is 0.606. The molecule has 1 aliphatic rings. The summed E-state index contributed by atoms with van der Waals surface area (Å²) in [5.74, 6) is 2.16. The summed E-state index contributed by atoms with van der Waals surface area (Å²) in [7, 11) is 0.